The summed E-state index contributed by atoms with van der Waals surface area (Å²) in [4.78, 5) is 14.7. The highest BCUT2D eigenvalue weighted by molar-refractivity contribution is 6.04. The fourth-order valence-electron chi connectivity index (χ4n) is 2.97. The molecule has 25 heavy (non-hydrogen) atoms. The summed E-state index contributed by atoms with van der Waals surface area (Å²) in [6, 6.07) is 15.2. The lowest BCUT2D eigenvalue weighted by Gasteiger charge is -2.28. The van der Waals surface area contributed by atoms with Crippen LogP contribution in [0.15, 0.2) is 61.2 Å². The molecule has 0 bridgehead atoms. The molecule has 4 nitrogen and oxygen atoms in total. The molecule has 130 valence electrons. The predicted molar refractivity (Wildman–Crippen MR) is 103 cm³/mol. The Morgan fingerprint density at radius 2 is 1.72 bits per heavy atom. The minimum atomic E-state index is -0.124. The number of nitrogens with one attached hydrogen (secondary N) is 1. The Bertz CT molecular complexity index is 702. The van der Waals surface area contributed by atoms with Gasteiger partial charge in [0.15, 0.2) is 0 Å². The monoisotopic (exact) mass is 336 g/mol. The fraction of sp³-hybridized carbons (Fsp3) is 0.286. The smallest absolute Gasteiger partial charge is 0.255 e. The molecule has 3 rings (SSSR count). The van der Waals surface area contributed by atoms with E-state index in [1.807, 2.05) is 12.1 Å². The SMILES string of the molecule is C=CCOc1ccc(C(=O)Nc2ccc(N3CCCCC3)cc2)cc1. The molecule has 0 unspecified atom stereocenters. The van der Waals surface area contributed by atoms with E-state index in [4.69, 9.17) is 4.74 Å². The molecule has 1 aliphatic rings. The number of nitrogens with zero attached hydrogens (tertiary/aromatic N) is 1. The van der Waals surface area contributed by atoms with E-state index in [-0.39, 0.29) is 5.91 Å². The Morgan fingerprint density at radius 3 is 2.36 bits per heavy atom. The third-order valence-corrected chi connectivity index (χ3v) is 4.33. The number of rotatable bonds is 6. The van der Waals surface area contributed by atoms with Crippen LogP contribution in [0, 0.1) is 0 Å². The minimum absolute atomic E-state index is 0.124. The first kappa shape index (κ1) is 17.1. The van der Waals surface area contributed by atoms with Crippen molar-refractivity contribution in [2.75, 3.05) is 29.9 Å². The minimum Gasteiger partial charge on any atom is -0.490 e. The maximum atomic E-state index is 12.3. The fourth-order valence-corrected chi connectivity index (χ4v) is 2.97. The summed E-state index contributed by atoms with van der Waals surface area (Å²) >= 11 is 0. The average Bonchev–Trinajstić information content (AvgIpc) is 2.68. The van der Waals surface area contributed by atoms with Crippen LogP contribution in [0.3, 0.4) is 0 Å². The van der Waals surface area contributed by atoms with Gasteiger partial charge >= 0.3 is 0 Å². The second kappa shape index (κ2) is 8.38. The number of hydrogen-bond acceptors (Lipinski definition) is 3. The van der Waals surface area contributed by atoms with Crippen LogP contribution in [0.2, 0.25) is 0 Å². The molecule has 4 heteroatoms. The zero-order valence-electron chi connectivity index (χ0n) is 14.4. The van der Waals surface area contributed by atoms with E-state index < -0.39 is 0 Å². The Kier molecular flexibility index (Phi) is 5.73. The molecular formula is C21H24N2O2. The summed E-state index contributed by atoms with van der Waals surface area (Å²) in [5.41, 5.74) is 2.63. The van der Waals surface area contributed by atoms with Gasteiger partial charge in [-0.2, -0.15) is 0 Å². The highest BCUT2D eigenvalue weighted by atomic mass is 16.5. The summed E-state index contributed by atoms with van der Waals surface area (Å²) in [5, 5.41) is 2.94. The average molecular weight is 336 g/mol. The third-order valence-electron chi connectivity index (χ3n) is 4.33. The van der Waals surface area contributed by atoms with Crippen LogP contribution in [-0.2, 0) is 0 Å². The summed E-state index contributed by atoms with van der Waals surface area (Å²) in [7, 11) is 0. The Hall–Kier alpha value is -2.75. The Balaban J connectivity index is 1.59. The Morgan fingerprint density at radius 1 is 1.04 bits per heavy atom. The molecule has 1 heterocycles. The number of amides is 1. The zero-order valence-corrected chi connectivity index (χ0v) is 14.4. The van der Waals surface area contributed by atoms with E-state index >= 15 is 0 Å². The van der Waals surface area contributed by atoms with Gasteiger partial charge in [0.25, 0.3) is 5.91 Å². The van der Waals surface area contributed by atoms with Gasteiger partial charge < -0.3 is 15.0 Å². The summed E-state index contributed by atoms with van der Waals surface area (Å²) < 4.78 is 5.42. The van der Waals surface area contributed by atoms with Crippen molar-refractivity contribution in [3.63, 3.8) is 0 Å². The maximum absolute atomic E-state index is 12.3. The lowest BCUT2D eigenvalue weighted by molar-refractivity contribution is 0.102. The molecule has 1 N–H and O–H groups in total. The van der Waals surface area contributed by atoms with Crippen LogP contribution < -0.4 is 15.0 Å². The van der Waals surface area contributed by atoms with Crippen LogP contribution >= 0.6 is 0 Å². The van der Waals surface area contributed by atoms with E-state index in [1.165, 1.54) is 24.9 Å². The standard InChI is InChI=1S/C21H24N2O2/c1-2-16-25-20-12-6-17(7-13-20)21(24)22-18-8-10-19(11-9-18)23-14-4-3-5-15-23/h2,6-13H,1,3-5,14-16H2,(H,22,24). The molecule has 2 aromatic carbocycles. The van der Waals surface area contributed by atoms with Crippen LogP contribution in [0.1, 0.15) is 29.6 Å². The van der Waals surface area contributed by atoms with Crippen LogP contribution in [0.4, 0.5) is 11.4 Å². The van der Waals surface area contributed by atoms with Crippen molar-refractivity contribution in [3.05, 3.63) is 66.7 Å². The molecule has 0 radical (unpaired) electrons. The van der Waals surface area contributed by atoms with Crippen molar-refractivity contribution in [1.82, 2.24) is 0 Å². The topological polar surface area (TPSA) is 41.6 Å². The molecule has 0 aliphatic carbocycles. The number of carbonyl (C=O) groups excluding carboxylic acids is 1. The molecule has 0 spiro atoms. The molecule has 1 amide bonds. The molecule has 2 aromatic rings. The van der Waals surface area contributed by atoms with Crippen molar-refractivity contribution >= 4 is 17.3 Å². The van der Waals surface area contributed by atoms with Crippen molar-refractivity contribution in [2.24, 2.45) is 0 Å². The molecule has 0 atom stereocenters. The summed E-state index contributed by atoms with van der Waals surface area (Å²) in [6.07, 6.45) is 5.52. The van der Waals surface area contributed by atoms with Gasteiger partial charge in [-0.3, -0.25) is 4.79 Å². The Labute approximate surface area is 149 Å². The van der Waals surface area contributed by atoms with E-state index in [0.717, 1.165) is 24.5 Å². The van der Waals surface area contributed by atoms with Crippen LogP contribution in [0.25, 0.3) is 0 Å². The third kappa shape index (κ3) is 4.63. The molecular weight excluding hydrogens is 312 g/mol. The molecule has 1 aliphatic heterocycles. The molecule has 0 aromatic heterocycles. The van der Waals surface area contributed by atoms with Crippen LogP contribution in [0.5, 0.6) is 5.75 Å². The van der Waals surface area contributed by atoms with Crippen molar-refractivity contribution in [3.8, 4) is 5.75 Å². The first-order valence-corrected chi connectivity index (χ1v) is 8.76. The number of ether oxygens (including phenoxy) is 1. The van der Waals surface area contributed by atoms with Gasteiger partial charge in [0.05, 0.1) is 0 Å². The normalized spacial score (nSPS) is 14.0. The van der Waals surface area contributed by atoms with Crippen molar-refractivity contribution in [2.45, 2.75) is 19.3 Å². The van der Waals surface area contributed by atoms with Gasteiger partial charge in [-0.05, 0) is 67.8 Å². The van der Waals surface area contributed by atoms with Gasteiger partial charge in [0.2, 0.25) is 0 Å². The second-order valence-electron chi connectivity index (χ2n) is 6.17. The molecule has 1 saturated heterocycles. The molecule has 0 saturated carbocycles. The van der Waals surface area contributed by atoms with E-state index in [2.05, 4.69) is 28.9 Å². The van der Waals surface area contributed by atoms with E-state index in [9.17, 15) is 4.79 Å². The van der Waals surface area contributed by atoms with Gasteiger partial charge in [0, 0.05) is 30.0 Å². The second-order valence-corrected chi connectivity index (χ2v) is 6.17. The number of benzene rings is 2. The largest absolute Gasteiger partial charge is 0.490 e. The predicted octanol–water partition coefficient (Wildman–Crippen LogP) is 4.49. The summed E-state index contributed by atoms with van der Waals surface area (Å²) in [5.74, 6) is 0.600. The van der Waals surface area contributed by atoms with Crippen molar-refractivity contribution in [1.29, 1.82) is 0 Å². The highest BCUT2D eigenvalue weighted by Crippen LogP contribution is 2.22. The number of piperidine rings is 1. The van der Waals surface area contributed by atoms with Gasteiger partial charge in [-0.25, -0.2) is 0 Å². The van der Waals surface area contributed by atoms with Gasteiger partial charge in [-0.1, -0.05) is 12.7 Å². The van der Waals surface area contributed by atoms with E-state index in [0.29, 0.717) is 12.2 Å². The summed E-state index contributed by atoms with van der Waals surface area (Å²) in [6.45, 7) is 6.30. The van der Waals surface area contributed by atoms with Gasteiger partial charge in [0.1, 0.15) is 12.4 Å². The lowest BCUT2D eigenvalue weighted by Crippen LogP contribution is -2.29. The number of carbonyl (C=O) groups is 1. The van der Waals surface area contributed by atoms with Crippen LogP contribution in [-0.4, -0.2) is 25.6 Å². The van der Waals surface area contributed by atoms with Crippen molar-refractivity contribution < 1.29 is 9.53 Å². The number of hydrogen-bond donors (Lipinski definition) is 1. The molecule has 1 fully saturated rings. The number of anilines is 2. The van der Waals surface area contributed by atoms with E-state index in [1.54, 1.807) is 30.3 Å². The quantitative estimate of drug-likeness (QED) is 0.790. The zero-order chi connectivity index (χ0) is 17.5. The van der Waals surface area contributed by atoms with Gasteiger partial charge in [-0.15, -0.1) is 0 Å². The first-order chi connectivity index (χ1) is 12.3. The maximum Gasteiger partial charge on any atom is 0.255 e. The lowest BCUT2D eigenvalue weighted by atomic mass is 10.1. The first-order valence-electron chi connectivity index (χ1n) is 8.76. The highest BCUT2D eigenvalue weighted by Gasteiger charge is 2.11.